The Balaban J connectivity index is 2.04. The average molecular weight is 240 g/mol. The van der Waals surface area contributed by atoms with Gasteiger partial charge in [0.2, 0.25) is 0 Å². The van der Waals surface area contributed by atoms with Crippen LogP contribution in [0.4, 0.5) is 0 Å². The van der Waals surface area contributed by atoms with Gasteiger partial charge < -0.3 is 10.5 Å². The van der Waals surface area contributed by atoms with Gasteiger partial charge in [-0.25, -0.2) is 0 Å². The maximum atomic E-state index is 6.34. The number of ether oxygens (including phenoxy) is 1. The first-order valence-electron chi connectivity index (χ1n) is 7.02. The molecule has 0 aromatic carbocycles. The summed E-state index contributed by atoms with van der Waals surface area (Å²) < 4.78 is 5.81. The van der Waals surface area contributed by atoms with Crippen LogP contribution >= 0.6 is 0 Å². The zero-order valence-electron chi connectivity index (χ0n) is 11.8. The van der Waals surface area contributed by atoms with Crippen molar-refractivity contribution in [3.8, 4) is 0 Å². The highest BCUT2D eigenvalue weighted by molar-refractivity contribution is 4.94. The zero-order valence-corrected chi connectivity index (χ0v) is 11.8. The molecular formula is C14H28N2O. The molecule has 2 N–H and O–H groups in total. The Bertz CT molecular complexity index is 257. The first kappa shape index (κ1) is 13.3. The van der Waals surface area contributed by atoms with E-state index < -0.39 is 0 Å². The molecule has 0 amide bonds. The molecule has 2 rings (SSSR count). The van der Waals surface area contributed by atoms with E-state index in [0.717, 1.165) is 19.5 Å². The first-order chi connectivity index (χ1) is 7.87. The number of hydrogen-bond acceptors (Lipinski definition) is 3. The maximum absolute atomic E-state index is 6.34. The average Bonchev–Trinajstić information content (AvgIpc) is 2.20. The van der Waals surface area contributed by atoms with Gasteiger partial charge in [0, 0.05) is 25.2 Å². The highest BCUT2D eigenvalue weighted by atomic mass is 16.5. The highest BCUT2D eigenvalue weighted by Crippen LogP contribution is 2.37. The van der Waals surface area contributed by atoms with Crippen molar-refractivity contribution in [1.29, 1.82) is 0 Å². The minimum atomic E-state index is 0.344. The van der Waals surface area contributed by atoms with Gasteiger partial charge in [-0.1, -0.05) is 13.8 Å². The Hall–Kier alpha value is -0.120. The Morgan fingerprint density at radius 1 is 1.18 bits per heavy atom. The monoisotopic (exact) mass is 240 g/mol. The second-order valence-corrected chi connectivity index (χ2v) is 6.85. The van der Waals surface area contributed by atoms with Crippen LogP contribution in [-0.2, 0) is 4.74 Å². The lowest BCUT2D eigenvalue weighted by molar-refractivity contribution is -0.0920. The summed E-state index contributed by atoms with van der Waals surface area (Å²) in [6.07, 6.45) is 4.35. The summed E-state index contributed by atoms with van der Waals surface area (Å²) in [4.78, 5) is 2.57. The number of nitrogens with two attached hydrogens (primary N) is 1. The highest BCUT2D eigenvalue weighted by Gasteiger charge is 2.38. The number of nitrogens with zero attached hydrogens (tertiary/aromatic N) is 1. The Morgan fingerprint density at radius 3 is 2.35 bits per heavy atom. The maximum Gasteiger partial charge on any atom is 0.0678 e. The van der Waals surface area contributed by atoms with Crippen molar-refractivity contribution in [1.82, 2.24) is 4.90 Å². The molecule has 0 radical (unpaired) electrons. The molecule has 3 heteroatoms. The van der Waals surface area contributed by atoms with Crippen molar-refractivity contribution >= 4 is 0 Å². The molecule has 1 heterocycles. The van der Waals surface area contributed by atoms with Crippen LogP contribution in [0.15, 0.2) is 0 Å². The van der Waals surface area contributed by atoms with Crippen LogP contribution in [0.25, 0.3) is 0 Å². The topological polar surface area (TPSA) is 38.5 Å². The molecule has 1 saturated carbocycles. The SMILES string of the molecule is C[C@@H]1CN(C2CC(C)(C)CCC2N)C[C@H](C)O1. The quantitative estimate of drug-likeness (QED) is 0.762. The minimum Gasteiger partial charge on any atom is -0.373 e. The van der Waals surface area contributed by atoms with Crippen molar-refractivity contribution in [2.45, 2.75) is 71.2 Å². The van der Waals surface area contributed by atoms with Crippen LogP contribution in [-0.4, -0.2) is 42.3 Å². The predicted molar refractivity (Wildman–Crippen MR) is 71.0 cm³/mol. The molecule has 2 unspecified atom stereocenters. The summed E-state index contributed by atoms with van der Waals surface area (Å²) in [5.74, 6) is 0. The largest absolute Gasteiger partial charge is 0.373 e. The van der Waals surface area contributed by atoms with E-state index in [1.165, 1.54) is 12.8 Å². The second kappa shape index (κ2) is 4.87. The van der Waals surface area contributed by atoms with Gasteiger partial charge in [0.1, 0.15) is 0 Å². The zero-order chi connectivity index (χ0) is 12.6. The lowest BCUT2D eigenvalue weighted by Crippen LogP contribution is -2.58. The molecule has 1 aliphatic carbocycles. The van der Waals surface area contributed by atoms with E-state index in [-0.39, 0.29) is 0 Å². The van der Waals surface area contributed by atoms with E-state index in [1.807, 2.05) is 0 Å². The summed E-state index contributed by atoms with van der Waals surface area (Å²) in [5.41, 5.74) is 6.79. The molecule has 1 aliphatic heterocycles. The van der Waals surface area contributed by atoms with Crippen LogP contribution < -0.4 is 5.73 Å². The van der Waals surface area contributed by atoms with Crippen molar-refractivity contribution in [3.05, 3.63) is 0 Å². The summed E-state index contributed by atoms with van der Waals surface area (Å²) in [6, 6.07) is 0.896. The smallest absolute Gasteiger partial charge is 0.0678 e. The Kier molecular flexibility index (Phi) is 3.81. The minimum absolute atomic E-state index is 0.344. The molecule has 2 aliphatic rings. The normalized spacial score (nSPS) is 43.6. The fourth-order valence-electron chi connectivity index (χ4n) is 3.46. The van der Waals surface area contributed by atoms with E-state index in [4.69, 9.17) is 10.5 Å². The van der Waals surface area contributed by atoms with Crippen molar-refractivity contribution < 1.29 is 4.74 Å². The lowest BCUT2D eigenvalue weighted by Gasteiger charge is -2.48. The summed E-state index contributed by atoms with van der Waals surface area (Å²) in [7, 11) is 0. The Labute approximate surface area is 106 Å². The van der Waals surface area contributed by atoms with Crippen molar-refractivity contribution in [2.24, 2.45) is 11.1 Å². The second-order valence-electron chi connectivity index (χ2n) is 6.85. The van der Waals surface area contributed by atoms with Crippen LogP contribution in [0.3, 0.4) is 0 Å². The van der Waals surface area contributed by atoms with E-state index in [2.05, 4.69) is 32.6 Å². The first-order valence-corrected chi connectivity index (χ1v) is 7.02. The van der Waals surface area contributed by atoms with E-state index in [1.54, 1.807) is 0 Å². The molecule has 0 spiro atoms. The number of morpholine rings is 1. The van der Waals surface area contributed by atoms with Gasteiger partial charge in [0.05, 0.1) is 12.2 Å². The van der Waals surface area contributed by atoms with Crippen LogP contribution in [0.2, 0.25) is 0 Å². The van der Waals surface area contributed by atoms with Gasteiger partial charge in [-0.3, -0.25) is 4.90 Å². The molecule has 2 fully saturated rings. The third-order valence-electron chi connectivity index (χ3n) is 4.33. The van der Waals surface area contributed by atoms with E-state index in [9.17, 15) is 0 Å². The molecule has 0 aromatic rings. The summed E-state index contributed by atoms with van der Waals surface area (Å²) in [5, 5.41) is 0. The van der Waals surface area contributed by atoms with Crippen LogP contribution in [0.5, 0.6) is 0 Å². The molecule has 1 saturated heterocycles. The Morgan fingerprint density at radius 2 is 1.76 bits per heavy atom. The van der Waals surface area contributed by atoms with Gasteiger partial charge in [0.25, 0.3) is 0 Å². The fourth-order valence-corrected chi connectivity index (χ4v) is 3.46. The standard InChI is InChI=1S/C14H28N2O/c1-10-8-16(9-11(2)17-10)13-7-14(3,4)6-5-12(13)15/h10-13H,5-9,15H2,1-4H3/t10-,11+,12?,13?. The summed E-state index contributed by atoms with van der Waals surface area (Å²) >= 11 is 0. The number of hydrogen-bond donors (Lipinski definition) is 1. The molecule has 4 atom stereocenters. The predicted octanol–water partition coefficient (Wildman–Crippen LogP) is 2.00. The number of rotatable bonds is 1. The third-order valence-corrected chi connectivity index (χ3v) is 4.33. The van der Waals surface area contributed by atoms with Crippen molar-refractivity contribution in [3.63, 3.8) is 0 Å². The molecule has 17 heavy (non-hydrogen) atoms. The van der Waals surface area contributed by atoms with Crippen LogP contribution in [0, 0.1) is 5.41 Å². The molecule has 0 aromatic heterocycles. The van der Waals surface area contributed by atoms with Gasteiger partial charge >= 0.3 is 0 Å². The molecule has 3 nitrogen and oxygen atoms in total. The van der Waals surface area contributed by atoms with Crippen molar-refractivity contribution in [2.75, 3.05) is 13.1 Å². The fraction of sp³-hybridized carbons (Fsp3) is 1.00. The molecule has 0 bridgehead atoms. The van der Waals surface area contributed by atoms with Gasteiger partial charge in [-0.15, -0.1) is 0 Å². The van der Waals surface area contributed by atoms with Crippen LogP contribution in [0.1, 0.15) is 47.0 Å². The third kappa shape index (κ3) is 3.21. The van der Waals surface area contributed by atoms with E-state index >= 15 is 0 Å². The summed E-state index contributed by atoms with van der Waals surface area (Å²) in [6.45, 7) is 11.2. The van der Waals surface area contributed by atoms with Gasteiger partial charge in [0.15, 0.2) is 0 Å². The lowest BCUT2D eigenvalue weighted by atomic mass is 9.72. The molecule has 100 valence electrons. The van der Waals surface area contributed by atoms with E-state index in [0.29, 0.717) is 29.7 Å². The van der Waals surface area contributed by atoms with Gasteiger partial charge in [-0.2, -0.15) is 0 Å². The molecular weight excluding hydrogens is 212 g/mol. The van der Waals surface area contributed by atoms with Gasteiger partial charge in [-0.05, 0) is 38.5 Å².